The van der Waals surface area contributed by atoms with Crippen LogP contribution in [0.4, 0.5) is 0 Å². The van der Waals surface area contributed by atoms with E-state index in [0.29, 0.717) is 4.90 Å². The molecule has 4 heteroatoms. The molecule has 1 aromatic carbocycles. The predicted molar refractivity (Wildman–Crippen MR) is 78.7 cm³/mol. The quantitative estimate of drug-likeness (QED) is 0.924. The molecular formula is C15H22O3S. The van der Waals surface area contributed by atoms with Gasteiger partial charge in [-0.2, -0.15) is 0 Å². The summed E-state index contributed by atoms with van der Waals surface area (Å²) >= 11 is 0. The molecule has 0 aromatic heterocycles. The van der Waals surface area contributed by atoms with E-state index in [-0.39, 0.29) is 12.0 Å². The summed E-state index contributed by atoms with van der Waals surface area (Å²) in [4.78, 5) is 0.296. The van der Waals surface area contributed by atoms with Gasteiger partial charge in [-0.3, -0.25) is 0 Å². The van der Waals surface area contributed by atoms with E-state index >= 15 is 0 Å². The summed E-state index contributed by atoms with van der Waals surface area (Å²) in [5, 5.41) is 9.42. The van der Waals surface area contributed by atoms with E-state index in [9.17, 15) is 13.5 Å². The van der Waals surface area contributed by atoms with E-state index in [1.165, 1.54) is 6.26 Å². The summed E-state index contributed by atoms with van der Waals surface area (Å²) in [5.41, 5.74) is 1.85. The number of allylic oxidation sites excluding steroid dienone is 1. The summed E-state index contributed by atoms with van der Waals surface area (Å²) < 4.78 is 22.8. The lowest BCUT2D eigenvalue weighted by atomic mass is 9.90. The summed E-state index contributed by atoms with van der Waals surface area (Å²) in [6.07, 6.45) is 4.05. The zero-order valence-corrected chi connectivity index (χ0v) is 12.8. The molecule has 0 aliphatic carbocycles. The highest BCUT2D eigenvalue weighted by Crippen LogP contribution is 2.24. The van der Waals surface area contributed by atoms with Crippen molar-refractivity contribution >= 4 is 15.4 Å². The molecule has 1 aromatic rings. The van der Waals surface area contributed by atoms with Gasteiger partial charge in [0.2, 0.25) is 0 Å². The van der Waals surface area contributed by atoms with Gasteiger partial charge in [-0.1, -0.05) is 39.0 Å². The Morgan fingerprint density at radius 1 is 1.21 bits per heavy atom. The topological polar surface area (TPSA) is 54.4 Å². The molecule has 0 saturated carbocycles. The number of aliphatic hydroxyl groups excluding tert-OH is 1. The van der Waals surface area contributed by atoms with Crippen LogP contribution >= 0.6 is 0 Å². The van der Waals surface area contributed by atoms with E-state index in [2.05, 4.69) is 20.8 Å². The summed E-state index contributed by atoms with van der Waals surface area (Å²) in [6.45, 7) is 6.34. The highest BCUT2D eigenvalue weighted by molar-refractivity contribution is 7.90. The first-order valence-corrected chi connectivity index (χ1v) is 8.13. The van der Waals surface area contributed by atoms with Crippen LogP contribution in [0.2, 0.25) is 0 Å². The van der Waals surface area contributed by atoms with Crippen molar-refractivity contribution in [1.82, 2.24) is 0 Å². The number of aliphatic hydroxyl groups is 1. The average molecular weight is 282 g/mol. The van der Waals surface area contributed by atoms with Crippen LogP contribution in [0.3, 0.4) is 0 Å². The molecule has 0 bridgehead atoms. The van der Waals surface area contributed by atoms with Crippen LogP contribution in [0, 0.1) is 5.41 Å². The second-order valence-corrected chi connectivity index (χ2v) is 7.96. The predicted octanol–water partition coefficient (Wildman–Crippen LogP) is 2.90. The molecule has 1 rings (SSSR count). The van der Waals surface area contributed by atoms with Gasteiger partial charge < -0.3 is 5.11 Å². The maximum atomic E-state index is 11.4. The van der Waals surface area contributed by atoms with E-state index in [0.717, 1.165) is 17.6 Å². The van der Waals surface area contributed by atoms with Crippen LogP contribution in [0.25, 0.3) is 5.57 Å². The molecule has 19 heavy (non-hydrogen) atoms. The van der Waals surface area contributed by atoms with Crippen LogP contribution in [0.1, 0.15) is 32.8 Å². The molecular weight excluding hydrogens is 260 g/mol. The van der Waals surface area contributed by atoms with Crippen LogP contribution in [-0.2, 0) is 9.84 Å². The number of hydrogen-bond acceptors (Lipinski definition) is 3. The lowest BCUT2D eigenvalue weighted by Crippen LogP contribution is -2.03. The highest BCUT2D eigenvalue weighted by atomic mass is 32.2. The molecule has 0 spiro atoms. The Bertz CT molecular complexity index is 546. The second-order valence-electron chi connectivity index (χ2n) is 5.95. The van der Waals surface area contributed by atoms with Gasteiger partial charge in [0, 0.05) is 6.26 Å². The highest BCUT2D eigenvalue weighted by Gasteiger charge is 2.10. The molecule has 0 amide bonds. The molecule has 1 N–H and O–H groups in total. The maximum Gasteiger partial charge on any atom is 0.175 e. The number of rotatable bonds is 4. The van der Waals surface area contributed by atoms with Crippen molar-refractivity contribution in [3.63, 3.8) is 0 Å². The minimum atomic E-state index is -3.17. The zero-order valence-electron chi connectivity index (χ0n) is 12.0. The van der Waals surface area contributed by atoms with Gasteiger partial charge >= 0.3 is 0 Å². The molecule has 106 valence electrons. The molecule has 0 aliphatic rings. The van der Waals surface area contributed by atoms with Crippen LogP contribution in [-0.4, -0.2) is 26.4 Å². The molecule has 0 radical (unpaired) electrons. The summed E-state index contributed by atoms with van der Waals surface area (Å²) in [5.74, 6) is 0. The van der Waals surface area contributed by atoms with E-state index in [1.807, 2.05) is 6.08 Å². The fourth-order valence-electron chi connectivity index (χ4n) is 1.62. The molecule has 3 nitrogen and oxygen atoms in total. The molecule has 0 heterocycles. The first-order valence-electron chi connectivity index (χ1n) is 6.24. The molecule has 0 unspecified atom stereocenters. The largest absolute Gasteiger partial charge is 0.392 e. The monoisotopic (exact) mass is 282 g/mol. The third kappa shape index (κ3) is 5.17. The fourth-order valence-corrected chi connectivity index (χ4v) is 2.25. The molecule has 0 saturated heterocycles. The van der Waals surface area contributed by atoms with Gasteiger partial charge in [0.15, 0.2) is 9.84 Å². The van der Waals surface area contributed by atoms with E-state index < -0.39 is 9.84 Å². The lowest BCUT2D eigenvalue weighted by Gasteiger charge is -2.16. The van der Waals surface area contributed by atoms with Crippen molar-refractivity contribution in [2.45, 2.75) is 32.1 Å². The molecule has 0 aliphatic heterocycles. The molecule has 0 atom stereocenters. The Labute approximate surface area is 115 Å². The first kappa shape index (κ1) is 15.9. The first-order chi connectivity index (χ1) is 8.63. The standard InChI is InChI=1S/C15H22O3S/c1-15(2,3)10-9-13(11-16)12-5-7-14(8-6-12)19(4,17)18/h5-9,16H,10-11H2,1-4H3. The van der Waals surface area contributed by atoms with Crippen molar-refractivity contribution in [2.75, 3.05) is 12.9 Å². The Hall–Kier alpha value is -1.13. The van der Waals surface area contributed by atoms with Gasteiger partial charge in [0.25, 0.3) is 0 Å². The van der Waals surface area contributed by atoms with Gasteiger partial charge in [0.05, 0.1) is 11.5 Å². The van der Waals surface area contributed by atoms with E-state index in [1.54, 1.807) is 24.3 Å². The smallest absolute Gasteiger partial charge is 0.175 e. The van der Waals surface area contributed by atoms with Crippen molar-refractivity contribution in [2.24, 2.45) is 5.41 Å². The third-order valence-electron chi connectivity index (χ3n) is 2.78. The SMILES string of the molecule is CC(C)(C)CC=C(CO)c1ccc(S(C)(=O)=O)cc1. The van der Waals surface area contributed by atoms with Crippen LogP contribution in [0.5, 0.6) is 0 Å². The van der Waals surface area contributed by atoms with Gasteiger partial charge in [-0.25, -0.2) is 8.42 Å². The van der Waals surface area contributed by atoms with Crippen LogP contribution < -0.4 is 0 Å². The fraction of sp³-hybridized carbons (Fsp3) is 0.467. The minimum Gasteiger partial charge on any atom is -0.392 e. The van der Waals surface area contributed by atoms with Gasteiger partial charge in [-0.05, 0) is 35.1 Å². The Morgan fingerprint density at radius 3 is 2.11 bits per heavy atom. The van der Waals surface area contributed by atoms with Crippen molar-refractivity contribution in [3.8, 4) is 0 Å². The van der Waals surface area contributed by atoms with E-state index in [4.69, 9.17) is 0 Å². The number of sulfone groups is 1. The Morgan fingerprint density at radius 2 is 1.74 bits per heavy atom. The summed E-state index contributed by atoms with van der Waals surface area (Å²) in [6, 6.07) is 6.62. The van der Waals surface area contributed by atoms with Gasteiger partial charge in [0.1, 0.15) is 0 Å². The van der Waals surface area contributed by atoms with Gasteiger partial charge in [-0.15, -0.1) is 0 Å². The second kappa shape index (κ2) is 5.88. The zero-order chi connectivity index (χ0) is 14.7. The molecule has 0 fully saturated rings. The van der Waals surface area contributed by atoms with Crippen molar-refractivity contribution in [3.05, 3.63) is 35.9 Å². The van der Waals surface area contributed by atoms with Crippen molar-refractivity contribution < 1.29 is 13.5 Å². The average Bonchev–Trinajstić information content (AvgIpc) is 2.28. The van der Waals surface area contributed by atoms with Crippen LogP contribution in [0.15, 0.2) is 35.2 Å². The third-order valence-corrected chi connectivity index (χ3v) is 3.91. The lowest BCUT2D eigenvalue weighted by molar-refractivity contribution is 0.348. The summed E-state index contributed by atoms with van der Waals surface area (Å²) in [7, 11) is -3.17. The number of hydrogen-bond donors (Lipinski definition) is 1. The maximum absolute atomic E-state index is 11.4. The Balaban J connectivity index is 3.01. The van der Waals surface area contributed by atoms with Crippen molar-refractivity contribution in [1.29, 1.82) is 0 Å². The number of benzene rings is 1. The minimum absolute atomic E-state index is 0.0473. The Kier molecular flexibility index (Phi) is 4.93. The normalized spacial score (nSPS) is 13.6.